The molecule has 0 aromatic rings. The van der Waals surface area contributed by atoms with Crippen molar-refractivity contribution in [2.45, 2.75) is 39.5 Å². The second kappa shape index (κ2) is 10.5. The van der Waals surface area contributed by atoms with Crippen molar-refractivity contribution in [1.29, 1.82) is 0 Å². The highest BCUT2D eigenvalue weighted by atomic mass is 16.5. The van der Waals surface area contributed by atoms with Crippen LogP contribution in [0.2, 0.25) is 0 Å². The summed E-state index contributed by atoms with van der Waals surface area (Å²) < 4.78 is 4.59. The van der Waals surface area contributed by atoms with Gasteiger partial charge < -0.3 is 10.1 Å². The third kappa shape index (κ3) is 8.05. The monoisotopic (exact) mass is 201 g/mol. The summed E-state index contributed by atoms with van der Waals surface area (Å²) in [7, 11) is 0. The van der Waals surface area contributed by atoms with Crippen molar-refractivity contribution in [3.05, 3.63) is 0 Å². The van der Waals surface area contributed by atoms with Crippen LogP contribution in [0.4, 0.5) is 0 Å². The molecule has 0 aromatic carbocycles. The van der Waals surface area contributed by atoms with Crippen LogP contribution >= 0.6 is 0 Å². The van der Waals surface area contributed by atoms with Gasteiger partial charge in [-0.05, 0) is 18.9 Å². The molecule has 1 N–H and O–H groups in total. The van der Waals surface area contributed by atoms with Gasteiger partial charge in [0.2, 0.25) is 0 Å². The average molecular weight is 201 g/mol. The summed E-state index contributed by atoms with van der Waals surface area (Å²) in [4.78, 5) is 9.85. The Morgan fingerprint density at radius 3 is 2.79 bits per heavy atom. The van der Waals surface area contributed by atoms with Gasteiger partial charge >= 0.3 is 0 Å². The number of carbonyl (C=O) groups is 1. The zero-order valence-electron chi connectivity index (χ0n) is 9.42. The van der Waals surface area contributed by atoms with Crippen LogP contribution in [0.25, 0.3) is 0 Å². The van der Waals surface area contributed by atoms with Crippen LogP contribution in [0.1, 0.15) is 39.5 Å². The van der Waals surface area contributed by atoms with E-state index in [-0.39, 0.29) is 0 Å². The number of nitrogens with one attached hydrogen (secondary N) is 1. The van der Waals surface area contributed by atoms with Crippen LogP contribution in [0.15, 0.2) is 0 Å². The lowest BCUT2D eigenvalue weighted by Crippen LogP contribution is -2.26. The Balaban J connectivity index is 3.28. The largest absolute Gasteiger partial charge is 0.467 e. The molecule has 0 saturated heterocycles. The lowest BCUT2D eigenvalue weighted by molar-refractivity contribution is -0.128. The van der Waals surface area contributed by atoms with Crippen LogP contribution < -0.4 is 5.32 Å². The average Bonchev–Trinajstić information content (AvgIpc) is 2.22. The van der Waals surface area contributed by atoms with Gasteiger partial charge in [0.1, 0.15) is 6.61 Å². The second-order valence-corrected chi connectivity index (χ2v) is 3.59. The Morgan fingerprint density at radius 1 is 1.43 bits per heavy atom. The van der Waals surface area contributed by atoms with Gasteiger partial charge in [-0.1, -0.05) is 33.1 Å². The molecule has 3 heteroatoms. The smallest absolute Gasteiger partial charge is 0.293 e. The molecule has 0 bridgehead atoms. The fourth-order valence-corrected chi connectivity index (χ4v) is 1.43. The van der Waals surface area contributed by atoms with E-state index in [1.807, 2.05) is 0 Å². The SMILES string of the molecule is CCCCC(CC)CNCCOC=O. The molecule has 0 saturated carbocycles. The van der Waals surface area contributed by atoms with E-state index < -0.39 is 0 Å². The highest BCUT2D eigenvalue weighted by Crippen LogP contribution is 2.10. The molecule has 84 valence electrons. The van der Waals surface area contributed by atoms with Gasteiger partial charge in [-0.25, -0.2) is 0 Å². The topological polar surface area (TPSA) is 38.3 Å². The highest BCUT2D eigenvalue weighted by molar-refractivity contribution is 5.36. The van der Waals surface area contributed by atoms with Gasteiger partial charge in [0.05, 0.1) is 0 Å². The summed E-state index contributed by atoms with van der Waals surface area (Å²) in [5.41, 5.74) is 0. The molecule has 1 unspecified atom stereocenters. The van der Waals surface area contributed by atoms with Gasteiger partial charge in [-0.2, -0.15) is 0 Å². The number of hydrogen-bond donors (Lipinski definition) is 1. The summed E-state index contributed by atoms with van der Waals surface area (Å²) in [6.07, 6.45) is 5.10. The maximum absolute atomic E-state index is 9.85. The van der Waals surface area contributed by atoms with Crippen LogP contribution in [0.5, 0.6) is 0 Å². The minimum absolute atomic E-state index is 0.480. The van der Waals surface area contributed by atoms with Crippen molar-refractivity contribution in [3.63, 3.8) is 0 Å². The first kappa shape index (κ1) is 13.4. The molecule has 0 aliphatic carbocycles. The van der Waals surface area contributed by atoms with E-state index in [4.69, 9.17) is 0 Å². The lowest BCUT2D eigenvalue weighted by atomic mass is 9.99. The summed E-state index contributed by atoms with van der Waals surface area (Å²) in [6.45, 7) is 7.23. The van der Waals surface area contributed by atoms with E-state index >= 15 is 0 Å². The van der Waals surface area contributed by atoms with Crippen molar-refractivity contribution in [2.24, 2.45) is 5.92 Å². The predicted molar refractivity (Wildman–Crippen MR) is 58.2 cm³/mol. The van der Waals surface area contributed by atoms with E-state index in [1.54, 1.807) is 0 Å². The molecule has 0 aliphatic rings. The maximum atomic E-state index is 9.85. The van der Waals surface area contributed by atoms with Crippen molar-refractivity contribution in [3.8, 4) is 0 Å². The summed E-state index contributed by atoms with van der Waals surface area (Å²) >= 11 is 0. The molecule has 3 nitrogen and oxygen atoms in total. The van der Waals surface area contributed by atoms with Crippen molar-refractivity contribution in [1.82, 2.24) is 5.32 Å². The van der Waals surface area contributed by atoms with Crippen LogP contribution in [0, 0.1) is 5.92 Å². The second-order valence-electron chi connectivity index (χ2n) is 3.59. The third-order valence-electron chi connectivity index (χ3n) is 2.44. The summed E-state index contributed by atoms with van der Waals surface area (Å²) in [6, 6.07) is 0. The molecule has 0 fully saturated rings. The molecule has 14 heavy (non-hydrogen) atoms. The fourth-order valence-electron chi connectivity index (χ4n) is 1.43. The minimum atomic E-state index is 0.480. The first-order chi connectivity index (χ1) is 6.85. The van der Waals surface area contributed by atoms with E-state index in [1.165, 1.54) is 25.7 Å². The van der Waals surface area contributed by atoms with E-state index in [0.717, 1.165) is 19.0 Å². The first-order valence-corrected chi connectivity index (χ1v) is 5.61. The van der Waals surface area contributed by atoms with Gasteiger partial charge in [-0.15, -0.1) is 0 Å². The molecule has 0 spiro atoms. The molecule has 1 atom stereocenters. The standard InChI is InChI=1S/C11H23NO2/c1-3-5-6-11(4-2)9-12-7-8-14-10-13/h10-12H,3-9H2,1-2H3. The van der Waals surface area contributed by atoms with E-state index in [0.29, 0.717) is 13.1 Å². The zero-order chi connectivity index (χ0) is 10.6. The number of rotatable bonds is 10. The van der Waals surface area contributed by atoms with E-state index in [2.05, 4.69) is 23.9 Å². The minimum Gasteiger partial charge on any atom is -0.467 e. The van der Waals surface area contributed by atoms with Crippen LogP contribution in [-0.4, -0.2) is 26.2 Å². The number of unbranched alkanes of at least 4 members (excludes halogenated alkanes) is 1. The molecule has 0 rings (SSSR count). The van der Waals surface area contributed by atoms with Gasteiger partial charge in [-0.3, -0.25) is 4.79 Å². The zero-order valence-corrected chi connectivity index (χ0v) is 9.42. The molecular weight excluding hydrogens is 178 g/mol. The summed E-state index contributed by atoms with van der Waals surface area (Å²) in [5, 5.41) is 3.30. The molecule has 0 aromatic heterocycles. The Morgan fingerprint density at radius 2 is 2.21 bits per heavy atom. The van der Waals surface area contributed by atoms with Gasteiger partial charge in [0.25, 0.3) is 6.47 Å². The Hall–Kier alpha value is -0.570. The third-order valence-corrected chi connectivity index (χ3v) is 2.44. The Labute approximate surface area is 87.2 Å². The Kier molecular flexibility index (Phi) is 10.1. The predicted octanol–water partition coefficient (Wildman–Crippen LogP) is 1.97. The van der Waals surface area contributed by atoms with E-state index in [9.17, 15) is 4.79 Å². The lowest BCUT2D eigenvalue weighted by Gasteiger charge is -2.14. The number of carbonyl (C=O) groups excluding carboxylic acids is 1. The molecule has 0 radical (unpaired) electrons. The van der Waals surface area contributed by atoms with Crippen LogP contribution in [-0.2, 0) is 9.53 Å². The van der Waals surface area contributed by atoms with Crippen LogP contribution in [0.3, 0.4) is 0 Å². The highest BCUT2D eigenvalue weighted by Gasteiger charge is 2.04. The van der Waals surface area contributed by atoms with Crippen molar-refractivity contribution < 1.29 is 9.53 Å². The fraction of sp³-hybridized carbons (Fsp3) is 0.909. The summed E-state index contributed by atoms with van der Waals surface area (Å²) in [5.74, 6) is 0.770. The molecule has 0 aliphatic heterocycles. The Bertz CT molecular complexity index is 128. The number of hydrogen-bond acceptors (Lipinski definition) is 3. The van der Waals surface area contributed by atoms with Gasteiger partial charge in [0.15, 0.2) is 0 Å². The molecule has 0 heterocycles. The van der Waals surface area contributed by atoms with Crippen molar-refractivity contribution in [2.75, 3.05) is 19.7 Å². The first-order valence-electron chi connectivity index (χ1n) is 5.61. The van der Waals surface area contributed by atoms with Gasteiger partial charge in [0, 0.05) is 6.54 Å². The normalized spacial score (nSPS) is 12.4. The number of ether oxygens (including phenoxy) is 1. The maximum Gasteiger partial charge on any atom is 0.293 e. The quantitative estimate of drug-likeness (QED) is 0.434. The van der Waals surface area contributed by atoms with Crippen molar-refractivity contribution >= 4 is 6.47 Å². The molecule has 0 amide bonds. The molecular formula is C11H23NO2.